The van der Waals surface area contributed by atoms with Crippen LogP contribution >= 0.6 is 11.3 Å². The van der Waals surface area contributed by atoms with Crippen LogP contribution in [0.5, 0.6) is 5.75 Å². The number of carbonyl (C=O) groups excluding carboxylic acids is 2. The number of alkyl halides is 3. The molecule has 2 aliphatic rings. The van der Waals surface area contributed by atoms with Gasteiger partial charge in [0.15, 0.2) is 10.9 Å². The third-order valence-corrected chi connectivity index (χ3v) is 7.32. The second-order valence-corrected chi connectivity index (χ2v) is 10.5. The Bertz CT molecular complexity index is 1340. The standard InChI is InChI=1S/C25H22F3N3O3S/c1-23(2)12-17-20(18(32)13-23)24(25(26,27)28,30-22-29-16-6-4-5-7-19(16)35-22)21(33)31(17)14-8-10-15(34-3)11-9-14/h4-11H,12-13H2,1-3H3,(H,29,30). The third-order valence-electron chi connectivity index (χ3n) is 6.37. The molecule has 1 atom stereocenters. The van der Waals surface area contributed by atoms with Crippen LogP contribution in [0.1, 0.15) is 26.7 Å². The average molecular weight is 502 g/mol. The van der Waals surface area contributed by atoms with E-state index in [0.29, 0.717) is 16.0 Å². The van der Waals surface area contributed by atoms with Gasteiger partial charge in [-0.15, -0.1) is 0 Å². The van der Waals surface area contributed by atoms with E-state index in [-0.39, 0.29) is 29.4 Å². The summed E-state index contributed by atoms with van der Waals surface area (Å²) < 4.78 is 50.8. The van der Waals surface area contributed by atoms with Crippen LogP contribution in [0.3, 0.4) is 0 Å². The number of ether oxygens (including phenoxy) is 1. The molecule has 5 rings (SSSR count). The van der Waals surface area contributed by atoms with Crippen molar-refractivity contribution in [2.75, 3.05) is 17.3 Å². The predicted octanol–water partition coefficient (Wildman–Crippen LogP) is 5.71. The molecule has 1 aliphatic carbocycles. The first-order valence-electron chi connectivity index (χ1n) is 10.9. The minimum atomic E-state index is -5.11. The van der Waals surface area contributed by atoms with Gasteiger partial charge in [-0.2, -0.15) is 13.2 Å². The van der Waals surface area contributed by atoms with Gasteiger partial charge in [-0.25, -0.2) is 4.98 Å². The number of rotatable bonds is 4. The number of anilines is 2. The Kier molecular flexibility index (Phi) is 5.21. The van der Waals surface area contributed by atoms with Gasteiger partial charge in [0.1, 0.15) is 5.75 Å². The summed E-state index contributed by atoms with van der Waals surface area (Å²) in [6.45, 7) is 3.61. The molecule has 1 unspecified atom stereocenters. The van der Waals surface area contributed by atoms with Gasteiger partial charge in [0.25, 0.3) is 5.91 Å². The van der Waals surface area contributed by atoms with E-state index in [0.717, 1.165) is 16.2 Å². The molecule has 0 fully saturated rings. The number of thiazole rings is 1. The molecule has 1 aliphatic heterocycles. The number of amides is 1. The second-order valence-electron chi connectivity index (χ2n) is 9.46. The summed E-state index contributed by atoms with van der Waals surface area (Å²) in [6, 6.07) is 13.0. The van der Waals surface area contributed by atoms with Crippen molar-refractivity contribution in [2.24, 2.45) is 5.41 Å². The second kappa shape index (κ2) is 7.81. The molecule has 2 aromatic carbocycles. The SMILES string of the molecule is COc1ccc(N2C(=O)C(Nc3nc4ccccc4s3)(C(F)(F)F)C3=C2CC(C)(C)CC3=O)cc1. The van der Waals surface area contributed by atoms with Crippen LogP contribution in [0.25, 0.3) is 10.2 Å². The van der Waals surface area contributed by atoms with E-state index in [1.165, 1.54) is 19.2 Å². The van der Waals surface area contributed by atoms with Crippen molar-refractivity contribution in [3.8, 4) is 5.75 Å². The number of carbonyl (C=O) groups is 2. The molecule has 1 amide bonds. The van der Waals surface area contributed by atoms with Gasteiger partial charge in [-0.1, -0.05) is 37.3 Å². The van der Waals surface area contributed by atoms with Crippen molar-refractivity contribution in [2.45, 2.75) is 38.4 Å². The molecule has 0 radical (unpaired) electrons. The Morgan fingerprint density at radius 3 is 2.37 bits per heavy atom. The first kappa shape index (κ1) is 23.3. The van der Waals surface area contributed by atoms with Crippen molar-refractivity contribution in [1.29, 1.82) is 0 Å². The van der Waals surface area contributed by atoms with Gasteiger partial charge in [0, 0.05) is 17.8 Å². The summed E-state index contributed by atoms with van der Waals surface area (Å²) in [5.41, 5.74) is -3.62. The number of Topliss-reactive ketones (excluding diaryl/α,β-unsaturated/α-hetero) is 1. The number of aromatic nitrogens is 1. The molecule has 3 aromatic rings. The van der Waals surface area contributed by atoms with Gasteiger partial charge < -0.3 is 10.1 Å². The lowest BCUT2D eigenvalue weighted by Crippen LogP contribution is -2.61. The van der Waals surface area contributed by atoms with Gasteiger partial charge >= 0.3 is 6.18 Å². The Labute approximate surface area is 203 Å². The lowest BCUT2D eigenvalue weighted by Gasteiger charge is -2.35. The van der Waals surface area contributed by atoms with Gasteiger partial charge in [0.2, 0.25) is 5.54 Å². The monoisotopic (exact) mass is 501 g/mol. The fourth-order valence-electron chi connectivity index (χ4n) is 4.84. The van der Waals surface area contributed by atoms with Gasteiger partial charge in [-0.3, -0.25) is 14.5 Å². The molecule has 182 valence electrons. The fraction of sp³-hybridized carbons (Fsp3) is 0.320. The molecular formula is C25H22F3N3O3S. The molecular weight excluding hydrogens is 479 g/mol. The fourth-order valence-corrected chi connectivity index (χ4v) is 5.76. The van der Waals surface area contributed by atoms with Crippen molar-refractivity contribution in [1.82, 2.24) is 4.98 Å². The summed E-state index contributed by atoms with van der Waals surface area (Å²) in [5, 5.41) is 2.32. The largest absolute Gasteiger partial charge is 0.497 e. The van der Waals surface area contributed by atoms with Crippen LogP contribution in [0, 0.1) is 5.41 Å². The lowest BCUT2D eigenvalue weighted by atomic mass is 9.72. The topological polar surface area (TPSA) is 71.5 Å². The molecule has 0 saturated heterocycles. The summed E-state index contributed by atoms with van der Waals surface area (Å²) in [7, 11) is 1.47. The first-order chi connectivity index (χ1) is 16.5. The minimum Gasteiger partial charge on any atom is -0.497 e. The number of hydrogen-bond acceptors (Lipinski definition) is 6. The summed E-state index contributed by atoms with van der Waals surface area (Å²) in [5.74, 6) is -1.48. The van der Waals surface area contributed by atoms with E-state index in [1.807, 2.05) is 0 Å². The van der Waals surface area contributed by atoms with E-state index >= 15 is 13.2 Å². The highest BCUT2D eigenvalue weighted by Gasteiger charge is 2.71. The van der Waals surface area contributed by atoms with E-state index in [9.17, 15) is 9.59 Å². The predicted molar refractivity (Wildman–Crippen MR) is 128 cm³/mol. The smallest absolute Gasteiger partial charge is 0.425 e. The Balaban J connectivity index is 1.72. The molecule has 35 heavy (non-hydrogen) atoms. The number of benzene rings is 2. The molecule has 2 heterocycles. The number of fused-ring (bicyclic) bond motifs is 1. The van der Waals surface area contributed by atoms with Crippen LogP contribution in [-0.4, -0.2) is 35.5 Å². The minimum absolute atomic E-state index is 0.0624. The Hall–Kier alpha value is -3.40. The molecule has 1 N–H and O–H groups in total. The lowest BCUT2D eigenvalue weighted by molar-refractivity contribution is -0.175. The number of methoxy groups -OCH3 is 1. The normalized spacial score (nSPS) is 22.1. The van der Waals surface area contributed by atoms with Crippen molar-refractivity contribution in [3.05, 3.63) is 59.8 Å². The average Bonchev–Trinajstić information content (AvgIpc) is 3.29. The maximum absolute atomic E-state index is 15.0. The van der Waals surface area contributed by atoms with E-state index < -0.39 is 34.4 Å². The van der Waals surface area contributed by atoms with Gasteiger partial charge in [-0.05, 0) is 48.2 Å². The number of hydrogen-bond donors (Lipinski definition) is 1. The van der Waals surface area contributed by atoms with E-state index in [1.54, 1.807) is 50.2 Å². The zero-order valence-electron chi connectivity index (χ0n) is 19.2. The summed E-state index contributed by atoms with van der Waals surface area (Å²) >= 11 is 1.000. The number of halogens is 3. The highest BCUT2D eigenvalue weighted by atomic mass is 32.1. The van der Waals surface area contributed by atoms with Crippen LogP contribution in [-0.2, 0) is 9.59 Å². The number of nitrogens with zero attached hydrogens (tertiary/aromatic N) is 2. The highest BCUT2D eigenvalue weighted by Crippen LogP contribution is 2.54. The maximum atomic E-state index is 15.0. The summed E-state index contributed by atoms with van der Waals surface area (Å²) in [6.07, 6.45) is -5.08. The van der Waals surface area contributed by atoms with Crippen LogP contribution in [0.2, 0.25) is 0 Å². The number of ketones is 1. The number of allylic oxidation sites excluding steroid dienone is 1. The van der Waals surface area contributed by atoms with Gasteiger partial charge in [0.05, 0.1) is 22.9 Å². The Morgan fingerprint density at radius 1 is 1.06 bits per heavy atom. The zero-order valence-corrected chi connectivity index (χ0v) is 20.0. The van der Waals surface area contributed by atoms with E-state index in [2.05, 4.69) is 10.3 Å². The van der Waals surface area contributed by atoms with Crippen molar-refractivity contribution >= 4 is 44.1 Å². The van der Waals surface area contributed by atoms with Crippen LogP contribution in [0.4, 0.5) is 24.0 Å². The Morgan fingerprint density at radius 2 is 1.74 bits per heavy atom. The molecule has 0 bridgehead atoms. The summed E-state index contributed by atoms with van der Waals surface area (Å²) in [4.78, 5) is 32.5. The number of para-hydroxylation sites is 1. The highest BCUT2D eigenvalue weighted by molar-refractivity contribution is 7.22. The molecule has 10 heteroatoms. The molecule has 0 saturated carbocycles. The number of nitrogens with one attached hydrogen (secondary N) is 1. The molecule has 0 spiro atoms. The zero-order chi connectivity index (χ0) is 25.2. The van der Waals surface area contributed by atoms with Crippen molar-refractivity contribution in [3.63, 3.8) is 0 Å². The van der Waals surface area contributed by atoms with Crippen molar-refractivity contribution < 1.29 is 27.5 Å². The van der Waals surface area contributed by atoms with Crippen LogP contribution in [0.15, 0.2) is 59.8 Å². The van der Waals surface area contributed by atoms with E-state index in [4.69, 9.17) is 4.74 Å². The quantitative estimate of drug-likeness (QED) is 0.496. The third kappa shape index (κ3) is 3.58. The molecule has 6 nitrogen and oxygen atoms in total. The maximum Gasteiger partial charge on any atom is 0.425 e. The molecule has 1 aromatic heterocycles. The first-order valence-corrected chi connectivity index (χ1v) is 11.7. The van der Waals surface area contributed by atoms with Crippen LogP contribution < -0.4 is 15.0 Å².